The van der Waals surface area contributed by atoms with E-state index in [-0.39, 0.29) is 11.7 Å². The van der Waals surface area contributed by atoms with Crippen LogP contribution in [0.2, 0.25) is 0 Å². The van der Waals surface area contributed by atoms with Gasteiger partial charge in [0.1, 0.15) is 5.82 Å². The molecule has 1 saturated heterocycles. The van der Waals surface area contributed by atoms with Gasteiger partial charge in [0.25, 0.3) is 5.91 Å². The van der Waals surface area contributed by atoms with Gasteiger partial charge < -0.3 is 10.2 Å². The molecule has 3 rings (SSSR count). The summed E-state index contributed by atoms with van der Waals surface area (Å²) in [7, 11) is -3.58. The standard InChI is InChI=1S/C18H22N4O3S/c19-26(24,25)13-14-6-8-15(9-7-14)21-18(23)16-5-4-10-20-17(16)22-11-2-1-3-12-22/h4-10H,1-3,11-13H2,(H,21,23)(H2,19,24,25). The SMILES string of the molecule is NS(=O)(=O)Cc1ccc(NC(=O)c2cccnc2N2CCCCC2)cc1. The van der Waals surface area contributed by atoms with Crippen LogP contribution in [0.15, 0.2) is 42.6 Å². The van der Waals surface area contributed by atoms with Crippen LogP contribution in [0.3, 0.4) is 0 Å². The summed E-state index contributed by atoms with van der Waals surface area (Å²) in [6.07, 6.45) is 5.10. The lowest BCUT2D eigenvalue weighted by atomic mass is 10.1. The zero-order chi connectivity index (χ0) is 18.6. The van der Waals surface area contributed by atoms with Gasteiger partial charge in [0.2, 0.25) is 10.0 Å². The van der Waals surface area contributed by atoms with Crippen LogP contribution in [0, 0.1) is 0 Å². The molecule has 1 amide bonds. The molecular weight excluding hydrogens is 352 g/mol. The molecular formula is C18H22N4O3S. The Bertz CT molecular complexity index is 876. The molecule has 0 atom stereocenters. The molecule has 3 N–H and O–H groups in total. The van der Waals surface area contributed by atoms with Gasteiger partial charge in [-0.1, -0.05) is 12.1 Å². The van der Waals surface area contributed by atoms with Gasteiger partial charge in [-0.25, -0.2) is 18.5 Å². The summed E-state index contributed by atoms with van der Waals surface area (Å²) >= 11 is 0. The van der Waals surface area contributed by atoms with Crippen molar-refractivity contribution in [2.75, 3.05) is 23.3 Å². The van der Waals surface area contributed by atoms with Crippen LogP contribution < -0.4 is 15.4 Å². The van der Waals surface area contributed by atoms with Crippen molar-refractivity contribution in [1.29, 1.82) is 0 Å². The van der Waals surface area contributed by atoms with Gasteiger partial charge in [-0.05, 0) is 49.1 Å². The van der Waals surface area contributed by atoms with E-state index >= 15 is 0 Å². The van der Waals surface area contributed by atoms with E-state index in [9.17, 15) is 13.2 Å². The molecule has 0 unspecified atom stereocenters. The molecule has 0 aliphatic carbocycles. The molecule has 0 bridgehead atoms. The van der Waals surface area contributed by atoms with Gasteiger partial charge in [-0.3, -0.25) is 4.79 Å². The average molecular weight is 374 g/mol. The number of carbonyl (C=O) groups is 1. The van der Waals surface area contributed by atoms with E-state index < -0.39 is 10.0 Å². The highest BCUT2D eigenvalue weighted by Crippen LogP contribution is 2.23. The molecule has 1 aliphatic rings. The predicted octanol–water partition coefficient (Wildman–Crippen LogP) is 2.11. The lowest BCUT2D eigenvalue weighted by molar-refractivity contribution is 0.102. The maximum Gasteiger partial charge on any atom is 0.259 e. The van der Waals surface area contributed by atoms with Crippen LogP contribution >= 0.6 is 0 Å². The third-order valence-electron chi connectivity index (χ3n) is 4.27. The Morgan fingerprint density at radius 2 is 1.81 bits per heavy atom. The van der Waals surface area contributed by atoms with Crippen LogP contribution in [0.5, 0.6) is 0 Å². The molecule has 8 heteroatoms. The van der Waals surface area contributed by atoms with E-state index in [1.54, 1.807) is 42.6 Å². The van der Waals surface area contributed by atoms with Crippen molar-refractivity contribution < 1.29 is 13.2 Å². The smallest absolute Gasteiger partial charge is 0.259 e. The molecule has 0 radical (unpaired) electrons. The Labute approximate surface area is 153 Å². The summed E-state index contributed by atoms with van der Waals surface area (Å²) < 4.78 is 22.3. The number of primary sulfonamides is 1. The van der Waals surface area contributed by atoms with E-state index in [4.69, 9.17) is 5.14 Å². The molecule has 2 aromatic rings. The molecule has 7 nitrogen and oxygen atoms in total. The summed E-state index contributed by atoms with van der Waals surface area (Å²) in [5.74, 6) is 0.233. The van der Waals surface area contributed by atoms with Gasteiger partial charge in [0.05, 0.1) is 11.3 Å². The van der Waals surface area contributed by atoms with Gasteiger partial charge in [-0.2, -0.15) is 0 Å². The average Bonchev–Trinajstić information content (AvgIpc) is 2.63. The van der Waals surface area contributed by atoms with E-state index in [1.807, 2.05) is 0 Å². The lowest BCUT2D eigenvalue weighted by Crippen LogP contribution is -2.32. The molecule has 26 heavy (non-hydrogen) atoms. The van der Waals surface area contributed by atoms with E-state index in [0.29, 0.717) is 22.6 Å². The Morgan fingerprint density at radius 3 is 2.46 bits per heavy atom. The first-order valence-corrected chi connectivity index (χ1v) is 10.2. The van der Waals surface area contributed by atoms with Crippen molar-refractivity contribution >= 4 is 27.4 Å². The second-order valence-corrected chi connectivity index (χ2v) is 7.99. The second-order valence-electron chi connectivity index (χ2n) is 6.38. The number of nitrogens with zero attached hydrogens (tertiary/aromatic N) is 2. The molecule has 1 aliphatic heterocycles. The van der Waals surface area contributed by atoms with Gasteiger partial charge >= 0.3 is 0 Å². The molecule has 1 aromatic heterocycles. The number of hydrogen-bond donors (Lipinski definition) is 2. The van der Waals surface area contributed by atoms with Crippen molar-refractivity contribution in [2.24, 2.45) is 5.14 Å². The van der Waals surface area contributed by atoms with Crippen molar-refractivity contribution in [3.8, 4) is 0 Å². The number of carbonyl (C=O) groups excluding carboxylic acids is 1. The second kappa shape index (κ2) is 7.84. The van der Waals surface area contributed by atoms with Crippen LogP contribution in [0.25, 0.3) is 0 Å². The van der Waals surface area contributed by atoms with Crippen LogP contribution in [0.1, 0.15) is 35.2 Å². The number of amides is 1. The van der Waals surface area contributed by atoms with Gasteiger partial charge in [-0.15, -0.1) is 0 Å². The summed E-state index contributed by atoms with van der Waals surface area (Å²) in [6, 6.07) is 10.1. The fraction of sp³-hybridized carbons (Fsp3) is 0.333. The Balaban J connectivity index is 1.74. The largest absolute Gasteiger partial charge is 0.356 e. The third kappa shape index (κ3) is 4.80. The summed E-state index contributed by atoms with van der Waals surface area (Å²) in [6.45, 7) is 1.80. The van der Waals surface area contributed by atoms with E-state index in [2.05, 4.69) is 15.2 Å². The minimum absolute atomic E-state index is 0.233. The first kappa shape index (κ1) is 18.3. The molecule has 2 heterocycles. The molecule has 138 valence electrons. The Hall–Kier alpha value is -2.45. The first-order chi connectivity index (χ1) is 12.4. The Morgan fingerprint density at radius 1 is 1.12 bits per heavy atom. The molecule has 1 fully saturated rings. The zero-order valence-electron chi connectivity index (χ0n) is 14.4. The summed E-state index contributed by atoms with van der Waals surface area (Å²) in [5, 5.41) is 7.88. The molecule has 1 aromatic carbocycles. The van der Waals surface area contributed by atoms with Crippen LogP contribution in [-0.4, -0.2) is 32.4 Å². The van der Waals surface area contributed by atoms with Crippen molar-refractivity contribution in [2.45, 2.75) is 25.0 Å². The fourth-order valence-corrected chi connectivity index (χ4v) is 3.70. The lowest BCUT2D eigenvalue weighted by Gasteiger charge is -2.29. The number of piperidine rings is 1. The Kier molecular flexibility index (Phi) is 5.53. The maximum atomic E-state index is 12.7. The maximum absolute atomic E-state index is 12.7. The van der Waals surface area contributed by atoms with E-state index in [1.165, 1.54) is 6.42 Å². The number of nitrogens with one attached hydrogen (secondary N) is 1. The summed E-state index contributed by atoms with van der Waals surface area (Å²) in [4.78, 5) is 19.2. The number of hydrogen-bond acceptors (Lipinski definition) is 5. The number of pyridine rings is 1. The predicted molar refractivity (Wildman–Crippen MR) is 102 cm³/mol. The molecule has 0 spiro atoms. The van der Waals surface area contributed by atoms with Crippen molar-refractivity contribution in [1.82, 2.24) is 4.98 Å². The highest BCUT2D eigenvalue weighted by Gasteiger charge is 2.19. The first-order valence-electron chi connectivity index (χ1n) is 8.53. The minimum Gasteiger partial charge on any atom is -0.356 e. The monoisotopic (exact) mass is 374 g/mol. The van der Waals surface area contributed by atoms with Gasteiger partial charge in [0, 0.05) is 25.0 Å². The van der Waals surface area contributed by atoms with Gasteiger partial charge in [0.15, 0.2) is 0 Å². The topological polar surface area (TPSA) is 105 Å². The van der Waals surface area contributed by atoms with Crippen LogP contribution in [0.4, 0.5) is 11.5 Å². The van der Waals surface area contributed by atoms with Crippen molar-refractivity contribution in [3.63, 3.8) is 0 Å². The van der Waals surface area contributed by atoms with Crippen molar-refractivity contribution in [3.05, 3.63) is 53.7 Å². The third-order valence-corrected chi connectivity index (χ3v) is 5.00. The number of rotatable bonds is 5. The number of aromatic nitrogens is 1. The highest BCUT2D eigenvalue weighted by atomic mass is 32.2. The normalized spacial score (nSPS) is 14.9. The number of anilines is 2. The number of nitrogens with two attached hydrogens (primary N) is 1. The molecule has 0 saturated carbocycles. The minimum atomic E-state index is -3.58. The number of sulfonamides is 1. The fourth-order valence-electron chi connectivity index (χ4n) is 3.05. The van der Waals surface area contributed by atoms with Crippen LogP contribution in [-0.2, 0) is 15.8 Å². The zero-order valence-corrected chi connectivity index (χ0v) is 15.2. The highest BCUT2D eigenvalue weighted by molar-refractivity contribution is 7.88. The summed E-state index contributed by atoms with van der Waals surface area (Å²) in [5.41, 5.74) is 1.69. The number of benzene rings is 1. The van der Waals surface area contributed by atoms with E-state index in [0.717, 1.165) is 25.9 Å². The quantitative estimate of drug-likeness (QED) is 0.834.